The largest absolute Gasteiger partial charge is 0.444 e. The fraction of sp³-hybridized carbons (Fsp3) is 0.545. The van der Waals surface area contributed by atoms with Crippen molar-refractivity contribution in [3.8, 4) is 0 Å². The van der Waals surface area contributed by atoms with Gasteiger partial charge in [-0.1, -0.05) is 36.9 Å². The van der Waals surface area contributed by atoms with Gasteiger partial charge in [0.15, 0.2) is 0 Å². The number of carbonyl (C=O) groups excluding carboxylic acids is 2. The van der Waals surface area contributed by atoms with Gasteiger partial charge in [0.25, 0.3) is 0 Å². The van der Waals surface area contributed by atoms with Crippen LogP contribution in [0.25, 0.3) is 0 Å². The Labute approximate surface area is 168 Å². The fourth-order valence-corrected chi connectivity index (χ4v) is 3.41. The third kappa shape index (κ3) is 7.35. The summed E-state index contributed by atoms with van der Waals surface area (Å²) in [7, 11) is 0. The maximum Gasteiger partial charge on any atom is 0.407 e. The molecule has 1 heterocycles. The van der Waals surface area contributed by atoms with E-state index in [0.717, 1.165) is 32.5 Å². The van der Waals surface area contributed by atoms with Gasteiger partial charge < -0.3 is 15.0 Å². The first-order valence-corrected chi connectivity index (χ1v) is 9.94. The molecule has 28 heavy (non-hydrogen) atoms. The number of piperidine rings is 1. The lowest BCUT2D eigenvalue weighted by atomic mass is 10.0. The highest BCUT2D eigenvalue weighted by Gasteiger charge is 2.27. The molecule has 0 radical (unpaired) electrons. The zero-order valence-electron chi connectivity index (χ0n) is 17.3. The monoisotopic (exact) mass is 387 g/mol. The number of hydrogen-bond acceptors (Lipinski definition) is 4. The quantitative estimate of drug-likeness (QED) is 0.730. The summed E-state index contributed by atoms with van der Waals surface area (Å²) in [6, 6.07) is 10.6. The Hall–Kier alpha value is -2.34. The summed E-state index contributed by atoms with van der Waals surface area (Å²) in [4.78, 5) is 28.4. The standard InChI is InChI=1S/C22H33N3O3/c1-5-20(26)25(16-13-23-21(27)28-22(2,3)4)19-11-14-24(15-12-19)17-18-9-7-6-8-10-18/h5-10,19H,1,11-17H2,2-4H3,(H,23,27). The van der Waals surface area contributed by atoms with Crippen LogP contribution in [0.2, 0.25) is 0 Å². The van der Waals surface area contributed by atoms with Crippen molar-refractivity contribution in [3.05, 3.63) is 48.6 Å². The SMILES string of the molecule is C=CC(=O)N(CCNC(=O)OC(C)(C)C)C1CCN(Cc2ccccc2)CC1. The van der Waals surface area contributed by atoms with E-state index in [9.17, 15) is 9.59 Å². The summed E-state index contributed by atoms with van der Waals surface area (Å²) in [6.07, 6.45) is 2.72. The second-order valence-corrected chi connectivity index (χ2v) is 8.16. The van der Waals surface area contributed by atoms with E-state index in [1.165, 1.54) is 11.6 Å². The van der Waals surface area contributed by atoms with Crippen LogP contribution < -0.4 is 5.32 Å². The van der Waals surface area contributed by atoms with Gasteiger partial charge in [0.05, 0.1) is 0 Å². The number of rotatable bonds is 7. The van der Waals surface area contributed by atoms with Crippen LogP contribution in [0, 0.1) is 0 Å². The topological polar surface area (TPSA) is 61.9 Å². The molecule has 154 valence electrons. The Balaban J connectivity index is 1.82. The van der Waals surface area contributed by atoms with Crippen molar-refractivity contribution in [2.75, 3.05) is 26.2 Å². The second-order valence-electron chi connectivity index (χ2n) is 8.16. The highest BCUT2D eigenvalue weighted by molar-refractivity contribution is 5.87. The van der Waals surface area contributed by atoms with E-state index >= 15 is 0 Å². The van der Waals surface area contributed by atoms with E-state index in [2.05, 4.69) is 41.1 Å². The average Bonchev–Trinajstić information content (AvgIpc) is 2.65. The van der Waals surface area contributed by atoms with Gasteiger partial charge in [0.2, 0.25) is 5.91 Å². The predicted octanol–water partition coefficient (Wildman–Crippen LogP) is 3.19. The fourth-order valence-electron chi connectivity index (χ4n) is 3.41. The normalized spacial score (nSPS) is 15.7. The number of carbonyl (C=O) groups is 2. The van der Waals surface area contributed by atoms with Gasteiger partial charge >= 0.3 is 6.09 Å². The van der Waals surface area contributed by atoms with E-state index in [0.29, 0.717) is 13.1 Å². The Morgan fingerprint density at radius 3 is 2.46 bits per heavy atom. The lowest BCUT2D eigenvalue weighted by molar-refractivity contribution is -0.129. The second kappa shape index (κ2) is 10.3. The Morgan fingerprint density at radius 1 is 1.25 bits per heavy atom. The van der Waals surface area contributed by atoms with E-state index in [1.807, 2.05) is 31.7 Å². The molecule has 2 amide bonds. The van der Waals surface area contributed by atoms with Crippen molar-refractivity contribution < 1.29 is 14.3 Å². The van der Waals surface area contributed by atoms with Gasteiger partial charge in [-0.25, -0.2) is 4.79 Å². The predicted molar refractivity (Wildman–Crippen MR) is 111 cm³/mol. The molecule has 1 aliphatic rings. The van der Waals surface area contributed by atoms with Crippen LogP contribution in [0.15, 0.2) is 43.0 Å². The molecule has 0 unspecified atom stereocenters. The van der Waals surface area contributed by atoms with E-state index in [4.69, 9.17) is 4.74 Å². The van der Waals surface area contributed by atoms with Crippen molar-refractivity contribution in [2.24, 2.45) is 0 Å². The smallest absolute Gasteiger partial charge is 0.407 e. The minimum Gasteiger partial charge on any atom is -0.444 e. The molecule has 1 N–H and O–H groups in total. The summed E-state index contributed by atoms with van der Waals surface area (Å²) in [5.74, 6) is -0.0903. The Morgan fingerprint density at radius 2 is 1.89 bits per heavy atom. The molecule has 0 saturated carbocycles. The van der Waals surface area contributed by atoms with Gasteiger partial charge in [-0.15, -0.1) is 0 Å². The number of alkyl carbamates (subject to hydrolysis) is 1. The van der Waals surface area contributed by atoms with Crippen molar-refractivity contribution in [1.29, 1.82) is 0 Å². The van der Waals surface area contributed by atoms with Crippen LogP contribution in [-0.2, 0) is 16.1 Å². The molecule has 0 aromatic heterocycles. The zero-order valence-corrected chi connectivity index (χ0v) is 17.3. The third-order valence-corrected chi connectivity index (χ3v) is 4.73. The van der Waals surface area contributed by atoms with Gasteiger partial charge in [-0.3, -0.25) is 9.69 Å². The molecule has 6 heteroatoms. The van der Waals surface area contributed by atoms with Crippen molar-refractivity contribution >= 4 is 12.0 Å². The molecule has 0 spiro atoms. The Kier molecular flexibility index (Phi) is 8.05. The first kappa shape index (κ1) is 22.0. The zero-order chi connectivity index (χ0) is 20.6. The number of hydrogen-bond donors (Lipinski definition) is 1. The Bertz CT molecular complexity index is 647. The van der Waals surface area contributed by atoms with Crippen molar-refractivity contribution in [3.63, 3.8) is 0 Å². The van der Waals surface area contributed by atoms with Gasteiger partial charge in [0, 0.05) is 38.8 Å². The summed E-state index contributed by atoms with van der Waals surface area (Å²) >= 11 is 0. The van der Waals surface area contributed by atoms with Crippen LogP contribution in [0.4, 0.5) is 4.79 Å². The molecule has 1 aliphatic heterocycles. The lowest BCUT2D eigenvalue weighted by Gasteiger charge is -2.38. The van der Waals surface area contributed by atoms with E-state index < -0.39 is 11.7 Å². The molecular weight excluding hydrogens is 354 g/mol. The first-order chi connectivity index (χ1) is 13.3. The molecule has 0 bridgehead atoms. The van der Waals surface area contributed by atoms with Crippen LogP contribution in [0.1, 0.15) is 39.2 Å². The van der Waals surface area contributed by atoms with Crippen LogP contribution >= 0.6 is 0 Å². The van der Waals surface area contributed by atoms with Gasteiger partial charge in [-0.05, 0) is 45.3 Å². The molecule has 2 rings (SSSR count). The highest BCUT2D eigenvalue weighted by Crippen LogP contribution is 2.19. The molecular formula is C22H33N3O3. The number of ether oxygens (including phenoxy) is 1. The van der Waals surface area contributed by atoms with E-state index in [-0.39, 0.29) is 11.9 Å². The van der Waals surface area contributed by atoms with Crippen molar-refractivity contribution in [1.82, 2.24) is 15.1 Å². The number of amides is 2. The summed E-state index contributed by atoms with van der Waals surface area (Å²) in [5.41, 5.74) is 0.772. The number of nitrogens with one attached hydrogen (secondary N) is 1. The molecule has 1 aromatic carbocycles. The van der Waals surface area contributed by atoms with Crippen LogP contribution in [0.3, 0.4) is 0 Å². The average molecular weight is 388 g/mol. The molecule has 0 aliphatic carbocycles. The molecule has 1 fully saturated rings. The molecule has 0 atom stereocenters. The van der Waals surface area contributed by atoms with E-state index in [1.54, 1.807) is 0 Å². The first-order valence-electron chi connectivity index (χ1n) is 9.94. The van der Waals surface area contributed by atoms with Crippen LogP contribution in [-0.4, -0.2) is 59.6 Å². The maximum absolute atomic E-state index is 12.3. The van der Waals surface area contributed by atoms with Gasteiger partial charge in [-0.2, -0.15) is 0 Å². The number of benzene rings is 1. The minimum absolute atomic E-state index is 0.0903. The lowest BCUT2D eigenvalue weighted by Crippen LogP contribution is -2.49. The minimum atomic E-state index is -0.535. The maximum atomic E-state index is 12.3. The summed E-state index contributed by atoms with van der Waals surface area (Å²) < 4.78 is 5.24. The molecule has 6 nitrogen and oxygen atoms in total. The summed E-state index contributed by atoms with van der Waals surface area (Å²) in [5, 5.41) is 2.73. The number of likely N-dealkylation sites (tertiary alicyclic amines) is 1. The van der Waals surface area contributed by atoms with Crippen LogP contribution in [0.5, 0.6) is 0 Å². The molecule has 1 saturated heterocycles. The summed E-state index contributed by atoms with van der Waals surface area (Å²) in [6.45, 7) is 12.7. The molecule has 1 aromatic rings. The van der Waals surface area contributed by atoms with Gasteiger partial charge in [0.1, 0.15) is 5.60 Å². The van der Waals surface area contributed by atoms with Crippen molar-refractivity contribution in [2.45, 2.75) is 51.8 Å². The highest BCUT2D eigenvalue weighted by atomic mass is 16.6. The number of nitrogens with zero attached hydrogens (tertiary/aromatic N) is 2. The third-order valence-electron chi connectivity index (χ3n) is 4.73.